The molecule has 0 aromatic carbocycles. The van der Waals surface area contributed by atoms with Gasteiger partial charge in [0.05, 0.1) is 6.61 Å². The Bertz CT molecular complexity index is 614. The average molecular weight is 615 g/mol. The highest BCUT2D eigenvalue weighted by atomic mass is 19.1. The second-order valence-electron chi connectivity index (χ2n) is 13.4. The van der Waals surface area contributed by atoms with Crippen LogP contribution in [0.4, 0.5) is 4.39 Å². The zero-order valence-corrected chi connectivity index (χ0v) is 28.2. The van der Waals surface area contributed by atoms with Crippen molar-refractivity contribution in [3.8, 4) is 0 Å². The van der Waals surface area contributed by atoms with Gasteiger partial charge in [-0.1, -0.05) is 168 Å². The van der Waals surface area contributed by atoms with E-state index in [0.717, 1.165) is 38.5 Å². The number of allylic oxidation sites excluding steroid dienone is 1. The topological polar surface area (TPSA) is 90.2 Å². The van der Waals surface area contributed by atoms with Crippen molar-refractivity contribution in [2.45, 2.75) is 211 Å². The van der Waals surface area contributed by atoms with Crippen molar-refractivity contribution in [3.63, 3.8) is 0 Å². The van der Waals surface area contributed by atoms with Gasteiger partial charge in [-0.05, 0) is 24.8 Å². The predicted molar refractivity (Wildman–Crippen MR) is 178 cm³/mol. The maximum Gasteiger partial charge on any atom is 0.138 e. The maximum atomic E-state index is 15.4. The number of unbranched alkanes of at least 4 members (excludes halogenated alkanes) is 22. The third-order valence-electron chi connectivity index (χ3n) is 9.42. The van der Waals surface area contributed by atoms with Gasteiger partial charge in [-0.2, -0.15) is 0 Å². The number of aliphatic hydroxyl groups is 4. The first-order valence-electron chi connectivity index (χ1n) is 18.6. The molecule has 0 saturated carbocycles. The zero-order chi connectivity index (χ0) is 31.5. The van der Waals surface area contributed by atoms with E-state index in [9.17, 15) is 20.4 Å². The van der Waals surface area contributed by atoms with Crippen molar-refractivity contribution in [2.75, 3.05) is 6.61 Å². The first kappa shape index (κ1) is 40.5. The fourth-order valence-electron chi connectivity index (χ4n) is 6.46. The van der Waals surface area contributed by atoms with E-state index in [1.165, 1.54) is 128 Å². The summed E-state index contributed by atoms with van der Waals surface area (Å²) in [5.74, 6) is -0.543. The van der Waals surface area contributed by atoms with Gasteiger partial charge in [0, 0.05) is 0 Å². The monoisotopic (exact) mass is 615 g/mol. The molecule has 0 radical (unpaired) electrons. The second kappa shape index (κ2) is 27.8. The van der Waals surface area contributed by atoms with Crippen LogP contribution in [0.5, 0.6) is 0 Å². The van der Waals surface area contributed by atoms with Gasteiger partial charge in [0.2, 0.25) is 0 Å². The molecular weight excluding hydrogens is 543 g/mol. The molecule has 1 rings (SSSR count). The van der Waals surface area contributed by atoms with Crippen molar-refractivity contribution >= 4 is 0 Å². The molecule has 0 aromatic heterocycles. The molecular formula is C37H71FO5. The molecule has 0 aromatic rings. The molecule has 1 heterocycles. The average Bonchev–Trinajstić information content (AvgIpc) is 3.00. The smallest absolute Gasteiger partial charge is 0.138 e. The van der Waals surface area contributed by atoms with Crippen LogP contribution in [0.1, 0.15) is 181 Å². The summed E-state index contributed by atoms with van der Waals surface area (Å²) in [7, 11) is 0. The van der Waals surface area contributed by atoms with Gasteiger partial charge in [0.25, 0.3) is 0 Å². The minimum atomic E-state index is -1.56. The maximum absolute atomic E-state index is 15.4. The van der Waals surface area contributed by atoms with Crippen LogP contribution in [-0.2, 0) is 4.74 Å². The molecule has 4 N–H and O–H groups in total. The summed E-state index contributed by atoms with van der Waals surface area (Å²) in [5.41, 5.74) is 0. The lowest BCUT2D eigenvalue weighted by molar-refractivity contribution is -0.223. The Hall–Kier alpha value is -0.530. The molecule has 5 nitrogen and oxygen atoms in total. The van der Waals surface area contributed by atoms with Gasteiger partial charge in [0.15, 0.2) is 0 Å². The Morgan fingerprint density at radius 3 is 1.26 bits per heavy atom. The van der Waals surface area contributed by atoms with E-state index in [-0.39, 0.29) is 5.92 Å². The van der Waals surface area contributed by atoms with Crippen LogP contribution in [-0.4, -0.2) is 57.6 Å². The number of ether oxygens (including phenoxy) is 1. The number of aliphatic hydroxyl groups excluding tert-OH is 4. The van der Waals surface area contributed by atoms with E-state index in [0.29, 0.717) is 0 Å². The predicted octanol–water partition coefficient (Wildman–Crippen LogP) is 9.48. The fourth-order valence-corrected chi connectivity index (χ4v) is 6.46. The molecule has 0 aliphatic carbocycles. The summed E-state index contributed by atoms with van der Waals surface area (Å²) in [5, 5.41) is 40.0. The van der Waals surface area contributed by atoms with Crippen LogP contribution < -0.4 is 0 Å². The number of hydrogen-bond donors (Lipinski definition) is 4. The van der Waals surface area contributed by atoms with Crippen LogP contribution in [0.3, 0.4) is 0 Å². The summed E-state index contributed by atoms with van der Waals surface area (Å²) < 4.78 is 20.9. The molecule has 5 atom stereocenters. The molecule has 0 bridgehead atoms. The Kier molecular flexibility index (Phi) is 26.1. The molecule has 43 heavy (non-hydrogen) atoms. The fraction of sp³-hybridized carbons (Fsp3) is 0.946. The SMILES string of the molecule is CCCCCCCCCCCCCCC(/C=C(\F)C1OC(CO)C(O)C(O)C1O)CCCCCCCCCCCCCC. The first-order valence-corrected chi connectivity index (χ1v) is 18.6. The van der Waals surface area contributed by atoms with Gasteiger partial charge < -0.3 is 25.2 Å². The molecule has 5 unspecified atom stereocenters. The van der Waals surface area contributed by atoms with Crippen molar-refractivity contribution < 1.29 is 29.6 Å². The van der Waals surface area contributed by atoms with E-state index in [1.807, 2.05) is 0 Å². The summed E-state index contributed by atoms with van der Waals surface area (Å²) >= 11 is 0. The Morgan fingerprint density at radius 1 is 0.558 bits per heavy atom. The minimum absolute atomic E-state index is 0.0543. The van der Waals surface area contributed by atoms with Gasteiger partial charge in [0.1, 0.15) is 36.3 Å². The van der Waals surface area contributed by atoms with E-state index >= 15 is 4.39 Å². The number of hydrogen-bond acceptors (Lipinski definition) is 5. The van der Waals surface area contributed by atoms with E-state index in [4.69, 9.17) is 4.74 Å². The van der Waals surface area contributed by atoms with Gasteiger partial charge in [-0.3, -0.25) is 0 Å². The van der Waals surface area contributed by atoms with Crippen LogP contribution in [0.25, 0.3) is 0 Å². The normalized spacial score (nSPS) is 23.0. The standard InChI is InChI=1S/C37H71FO5/c1-3-5-7-9-11-13-15-17-19-21-23-25-27-31(28-26-24-22-20-18-16-14-12-10-8-6-4-2)29-32(38)37-36(42)35(41)34(40)33(30-39)43-37/h29,31,33-37,39-42H,3-28,30H2,1-2H3/b32-29-. The molecule has 0 amide bonds. The highest BCUT2D eigenvalue weighted by Crippen LogP contribution is 2.29. The van der Waals surface area contributed by atoms with E-state index in [2.05, 4.69) is 13.8 Å². The summed E-state index contributed by atoms with van der Waals surface area (Å²) in [6.07, 6.45) is 27.3. The Morgan fingerprint density at radius 2 is 0.907 bits per heavy atom. The lowest BCUT2D eigenvalue weighted by atomic mass is 9.90. The molecule has 1 saturated heterocycles. The molecule has 0 spiro atoms. The molecule has 1 aliphatic heterocycles. The highest BCUT2D eigenvalue weighted by Gasteiger charge is 2.45. The van der Waals surface area contributed by atoms with Crippen molar-refractivity contribution in [3.05, 3.63) is 11.9 Å². The molecule has 1 fully saturated rings. The lowest BCUT2D eigenvalue weighted by Crippen LogP contribution is -2.58. The van der Waals surface area contributed by atoms with E-state index < -0.39 is 43.0 Å². The van der Waals surface area contributed by atoms with Crippen LogP contribution in [0.15, 0.2) is 11.9 Å². The van der Waals surface area contributed by atoms with Gasteiger partial charge >= 0.3 is 0 Å². The van der Waals surface area contributed by atoms with Gasteiger partial charge in [-0.25, -0.2) is 4.39 Å². The molecule has 6 heteroatoms. The van der Waals surface area contributed by atoms with Crippen LogP contribution in [0.2, 0.25) is 0 Å². The number of halogens is 1. The van der Waals surface area contributed by atoms with E-state index in [1.54, 1.807) is 6.08 Å². The third-order valence-corrected chi connectivity index (χ3v) is 9.42. The molecule has 1 aliphatic rings. The van der Waals surface area contributed by atoms with Crippen LogP contribution >= 0.6 is 0 Å². The van der Waals surface area contributed by atoms with Crippen molar-refractivity contribution in [1.82, 2.24) is 0 Å². The van der Waals surface area contributed by atoms with Crippen molar-refractivity contribution in [1.29, 1.82) is 0 Å². The lowest BCUT2D eigenvalue weighted by Gasteiger charge is -2.39. The quantitative estimate of drug-likeness (QED) is 0.0630. The summed E-state index contributed by atoms with van der Waals surface area (Å²) in [4.78, 5) is 0. The summed E-state index contributed by atoms with van der Waals surface area (Å²) in [6.45, 7) is 3.97. The largest absolute Gasteiger partial charge is 0.394 e. The highest BCUT2D eigenvalue weighted by molar-refractivity contribution is 5.09. The zero-order valence-electron chi connectivity index (χ0n) is 28.2. The van der Waals surface area contributed by atoms with Crippen molar-refractivity contribution in [2.24, 2.45) is 5.92 Å². The van der Waals surface area contributed by atoms with Crippen LogP contribution in [0, 0.1) is 5.92 Å². The minimum Gasteiger partial charge on any atom is -0.394 e. The third kappa shape index (κ3) is 19.6. The Balaban J connectivity index is 2.42. The Labute approximate surface area is 265 Å². The number of rotatable bonds is 29. The second-order valence-corrected chi connectivity index (χ2v) is 13.4. The molecule has 256 valence electrons. The first-order chi connectivity index (χ1) is 21.0. The van der Waals surface area contributed by atoms with Gasteiger partial charge in [-0.15, -0.1) is 0 Å². The summed E-state index contributed by atoms with van der Waals surface area (Å²) in [6, 6.07) is 0.